The van der Waals surface area contributed by atoms with E-state index in [0.717, 1.165) is 10.6 Å². The van der Waals surface area contributed by atoms with Gasteiger partial charge in [-0.25, -0.2) is 16.8 Å². The molecule has 0 aliphatic rings. The minimum Gasteiger partial charge on any atom is -0.269 e. The van der Waals surface area contributed by atoms with Crippen LogP contribution in [0.3, 0.4) is 0 Å². The van der Waals surface area contributed by atoms with Crippen molar-refractivity contribution in [1.82, 2.24) is 0 Å². The standard InChI is InChI=1S/C15H16ClNO4S2/c1-11-4-5-12(16)10-15(11)23(20,21)17(2)13-6-8-14(9-7-13)22(3,18)19/h4-10H,1-3H3. The molecule has 0 aliphatic carbocycles. The molecule has 0 unspecified atom stereocenters. The molecule has 8 heteroatoms. The first-order valence-electron chi connectivity index (χ1n) is 6.58. The van der Waals surface area contributed by atoms with Gasteiger partial charge in [-0.3, -0.25) is 4.31 Å². The highest BCUT2D eigenvalue weighted by Crippen LogP contribution is 2.27. The lowest BCUT2D eigenvalue weighted by atomic mass is 10.2. The molecule has 0 radical (unpaired) electrons. The van der Waals surface area contributed by atoms with Gasteiger partial charge in [-0.1, -0.05) is 17.7 Å². The first-order chi connectivity index (χ1) is 10.5. The Morgan fingerprint density at radius 1 is 0.957 bits per heavy atom. The first-order valence-corrected chi connectivity index (χ1v) is 10.3. The maximum atomic E-state index is 12.7. The SMILES string of the molecule is Cc1ccc(Cl)cc1S(=O)(=O)N(C)c1ccc(S(C)(=O)=O)cc1. The topological polar surface area (TPSA) is 71.5 Å². The average molecular weight is 374 g/mol. The van der Waals surface area contributed by atoms with Crippen LogP contribution in [0, 0.1) is 6.92 Å². The van der Waals surface area contributed by atoms with Crippen LogP contribution >= 0.6 is 11.6 Å². The van der Waals surface area contributed by atoms with Crippen molar-refractivity contribution >= 4 is 37.1 Å². The van der Waals surface area contributed by atoms with Gasteiger partial charge in [0.1, 0.15) is 0 Å². The zero-order valence-electron chi connectivity index (χ0n) is 12.8. The molecule has 23 heavy (non-hydrogen) atoms. The van der Waals surface area contributed by atoms with E-state index in [1.807, 2.05) is 0 Å². The zero-order valence-corrected chi connectivity index (χ0v) is 15.2. The molecule has 2 aromatic carbocycles. The van der Waals surface area contributed by atoms with Gasteiger partial charge in [0.05, 0.1) is 15.5 Å². The molecular weight excluding hydrogens is 358 g/mol. The Morgan fingerprint density at radius 2 is 1.52 bits per heavy atom. The minimum atomic E-state index is -3.79. The van der Waals surface area contributed by atoms with Crippen LogP contribution in [0.1, 0.15) is 5.56 Å². The Labute approximate surface area is 141 Å². The normalized spacial score (nSPS) is 12.2. The lowest BCUT2D eigenvalue weighted by Crippen LogP contribution is -2.27. The Morgan fingerprint density at radius 3 is 2.04 bits per heavy atom. The van der Waals surface area contributed by atoms with Crippen molar-refractivity contribution in [2.24, 2.45) is 0 Å². The van der Waals surface area contributed by atoms with E-state index in [9.17, 15) is 16.8 Å². The molecular formula is C15H16ClNO4S2. The fourth-order valence-electron chi connectivity index (χ4n) is 2.04. The van der Waals surface area contributed by atoms with E-state index in [4.69, 9.17) is 11.6 Å². The van der Waals surface area contributed by atoms with Crippen LogP contribution in [0.15, 0.2) is 52.3 Å². The van der Waals surface area contributed by atoms with Crippen LogP contribution in [-0.4, -0.2) is 30.1 Å². The lowest BCUT2D eigenvalue weighted by Gasteiger charge is -2.21. The number of hydrogen-bond donors (Lipinski definition) is 0. The molecule has 124 valence electrons. The Hall–Kier alpha value is -1.57. The summed E-state index contributed by atoms with van der Waals surface area (Å²) in [4.78, 5) is 0.241. The van der Waals surface area contributed by atoms with Gasteiger partial charge in [-0.05, 0) is 48.9 Å². The number of hydrogen-bond acceptors (Lipinski definition) is 4. The van der Waals surface area contributed by atoms with Crippen molar-refractivity contribution < 1.29 is 16.8 Å². The van der Waals surface area contributed by atoms with Crippen molar-refractivity contribution in [3.05, 3.63) is 53.1 Å². The minimum absolute atomic E-state index is 0.111. The van der Waals surface area contributed by atoms with E-state index in [2.05, 4.69) is 0 Å². The molecule has 0 fully saturated rings. The molecule has 5 nitrogen and oxygen atoms in total. The maximum absolute atomic E-state index is 12.7. The number of anilines is 1. The van der Waals surface area contributed by atoms with E-state index in [-0.39, 0.29) is 9.79 Å². The van der Waals surface area contributed by atoms with Gasteiger partial charge in [0.15, 0.2) is 9.84 Å². The predicted octanol–water partition coefficient (Wildman–Crippen LogP) is 2.88. The molecule has 0 heterocycles. The molecule has 0 N–H and O–H groups in total. The van der Waals surface area contributed by atoms with Gasteiger partial charge in [-0.15, -0.1) is 0 Å². The van der Waals surface area contributed by atoms with Crippen molar-refractivity contribution in [2.75, 3.05) is 17.6 Å². The third kappa shape index (κ3) is 3.68. The molecule has 2 aromatic rings. The van der Waals surface area contributed by atoms with E-state index in [1.165, 1.54) is 37.4 Å². The largest absolute Gasteiger partial charge is 0.269 e. The summed E-state index contributed by atoms with van der Waals surface area (Å²) in [6.45, 7) is 1.68. The second kappa shape index (κ2) is 6.14. The Bertz CT molecular complexity index is 936. The lowest BCUT2D eigenvalue weighted by molar-refractivity contribution is 0.593. The summed E-state index contributed by atoms with van der Waals surface area (Å²) in [6, 6.07) is 10.3. The number of aryl methyl sites for hydroxylation is 1. The third-order valence-corrected chi connectivity index (χ3v) is 6.71. The van der Waals surface area contributed by atoms with Gasteiger partial charge in [0.2, 0.25) is 0 Å². The summed E-state index contributed by atoms with van der Waals surface area (Å²) in [5.74, 6) is 0. The van der Waals surface area contributed by atoms with Crippen LogP contribution in [0.5, 0.6) is 0 Å². The van der Waals surface area contributed by atoms with Crippen molar-refractivity contribution in [3.8, 4) is 0 Å². The number of halogens is 1. The van der Waals surface area contributed by atoms with Gasteiger partial charge in [-0.2, -0.15) is 0 Å². The van der Waals surface area contributed by atoms with Crippen LogP contribution in [-0.2, 0) is 19.9 Å². The highest BCUT2D eigenvalue weighted by molar-refractivity contribution is 7.93. The molecule has 0 atom stereocenters. The smallest absolute Gasteiger partial charge is 0.264 e. The van der Waals surface area contributed by atoms with Crippen molar-refractivity contribution in [2.45, 2.75) is 16.7 Å². The predicted molar refractivity (Wildman–Crippen MR) is 91.3 cm³/mol. The second-order valence-corrected chi connectivity index (χ2v) is 9.54. The summed E-state index contributed by atoms with van der Waals surface area (Å²) in [7, 11) is -5.72. The van der Waals surface area contributed by atoms with Crippen LogP contribution < -0.4 is 4.31 Å². The fraction of sp³-hybridized carbons (Fsp3) is 0.200. The maximum Gasteiger partial charge on any atom is 0.264 e. The van der Waals surface area contributed by atoms with Crippen molar-refractivity contribution in [3.63, 3.8) is 0 Å². The van der Waals surface area contributed by atoms with E-state index in [0.29, 0.717) is 16.3 Å². The number of nitrogens with zero attached hydrogens (tertiary/aromatic N) is 1. The summed E-state index contributed by atoms with van der Waals surface area (Å²) < 4.78 is 49.5. The van der Waals surface area contributed by atoms with Gasteiger partial charge >= 0.3 is 0 Å². The molecule has 0 aliphatic heterocycles. The van der Waals surface area contributed by atoms with Gasteiger partial charge in [0.25, 0.3) is 10.0 Å². The summed E-state index contributed by atoms with van der Waals surface area (Å²) in [6.07, 6.45) is 1.10. The summed E-state index contributed by atoms with van der Waals surface area (Å²) >= 11 is 5.89. The average Bonchev–Trinajstić information content (AvgIpc) is 2.48. The third-order valence-electron chi connectivity index (χ3n) is 3.42. The van der Waals surface area contributed by atoms with E-state index >= 15 is 0 Å². The molecule has 0 saturated heterocycles. The first kappa shape index (κ1) is 17.8. The second-order valence-electron chi connectivity index (χ2n) is 5.15. The number of rotatable bonds is 4. The Kier molecular flexibility index (Phi) is 4.75. The van der Waals surface area contributed by atoms with Crippen LogP contribution in [0.25, 0.3) is 0 Å². The monoisotopic (exact) mass is 373 g/mol. The summed E-state index contributed by atoms with van der Waals surface area (Å²) in [5, 5.41) is 0.329. The van der Waals surface area contributed by atoms with Crippen LogP contribution in [0.2, 0.25) is 5.02 Å². The van der Waals surface area contributed by atoms with E-state index < -0.39 is 19.9 Å². The van der Waals surface area contributed by atoms with E-state index in [1.54, 1.807) is 19.1 Å². The molecule has 0 aromatic heterocycles. The summed E-state index contributed by atoms with van der Waals surface area (Å²) in [5.41, 5.74) is 0.936. The van der Waals surface area contributed by atoms with Crippen molar-refractivity contribution in [1.29, 1.82) is 0 Å². The Balaban J connectivity index is 2.46. The number of sulfone groups is 1. The molecule has 0 saturated carbocycles. The van der Waals surface area contributed by atoms with Crippen LogP contribution in [0.4, 0.5) is 5.69 Å². The molecule has 2 rings (SSSR count). The highest BCUT2D eigenvalue weighted by Gasteiger charge is 2.23. The van der Waals surface area contributed by atoms with Gasteiger partial charge < -0.3 is 0 Å². The highest BCUT2D eigenvalue weighted by atomic mass is 35.5. The zero-order chi connectivity index (χ0) is 17.4. The molecule has 0 bridgehead atoms. The fourth-order valence-corrected chi connectivity index (χ4v) is 4.35. The molecule has 0 amide bonds. The quantitative estimate of drug-likeness (QED) is 0.826. The number of benzene rings is 2. The molecule has 0 spiro atoms. The number of sulfonamides is 1. The van der Waals surface area contributed by atoms with Gasteiger partial charge in [0, 0.05) is 18.3 Å².